The maximum absolute atomic E-state index is 4.82. The molecule has 1 atom stereocenters. The van der Waals surface area contributed by atoms with E-state index in [0.717, 1.165) is 50.0 Å². The molecule has 2 aromatic rings. The van der Waals surface area contributed by atoms with Gasteiger partial charge in [-0.05, 0) is 25.0 Å². The van der Waals surface area contributed by atoms with Gasteiger partial charge in [-0.2, -0.15) is 4.52 Å². The first kappa shape index (κ1) is 14.5. The Morgan fingerprint density at radius 1 is 1.04 bits per heavy atom. The Kier molecular flexibility index (Phi) is 3.39. The van der Waals surface area contributed by atoms with Crippen LogP contribution in [0.5, 0.6) is 0 Å². The molecule has 0 unspecified atom stereocenters. The van der Waals surface area contributed by atoms with Crippen molar-refractivity contribution in [3.63, 3.8) is 0 Å². The molecule has 7 nitrogen and oxygen atoms in total. The Balaban J connectivity index is 1.32. The van der Waals surface area contributed by atoms with Crippen LogP contribution in [0.15, 0.2) is 17.1 Å². The van der Waals surface area contributed by atoms with Crippen molar-refractivity contribution >= 4 is 28.4 Å². The normalized spacial score (nSPS) is 24.7. The number of amidine groups is 1. The van der Waals surface area contributed by atoms with Gasteiger partial charge < -0.3 is 9.80 Å². The Labute approximate surface area is 145 Å². The van der Waals surface area contributed by atoms with Crippen LogP contribution in [0.25, 0.3) is 5.65 Å². The molecule has 0 N–H and O–H groups in total. The number of rotatable bonds is 2. The van der Waals surface area contributed by atoms with E-state index in [0.29, 0.717) is 11.2 Å². The zero-order valence-corrected chi connectivity index (χ0v) is 14.6. The van der Waals surface area contributed by atoms with Crippen molar-refractivity contribution in [2.45, 2.75) is 30.9 Å². The molecule has 0 radical (unpaired) electrons. The predicted molar refractivity (Wildman–Crippen MR) is 95.9 cm³/mol. The summed E-state index contributed by atoms with van der Waals surface area (Å²) in [6.45, 7) is 7.18. The van der Waals surface area contributed by atoms with Gasteiger partial charge in [-0.15, -0.1) is 15.3 Å². The number of piperazine rings is 1. The van der Waals surface area contributed by atoms with Gasteiger partial charge in [0.15, 0.2) is 16.6 Å². The van der Waals surface area contributed by atoms with Crippen LogP contribution < -0.4 is 4.90 Å². The minimum absolute atomic E-state index is 0.555. The second-order valence-corrected chi connectivity index (χ2v) is 8.23. The molecule has 2 aliphatic heterocycles. The first-order valence-electron chi connectivity index (χ1n) is 8.71. The van der Waals surface area contributed by atoms with E-state index in [1.807, 2.05) is 22.3 Å². The molecule has 2 aromatic heterocycles. The molecular weight excluding hydrogens is 322 g/mol. The van der Waals surface area contributed by atoms with Crippen molar-refractivity contribution in [1.82, 2.24) is 24.7 Å². The fourth-order valence-corrected chi connectivity index (χ4v) is 4.31. The predicted octanol–water partition coefficient (Wildman–Crippen LogP) is 1.61. The van der Waals surface area contributed by atoms with E-state index in [4.69, 9.17) is 5.10 Å². The molecule has 126 valence electrons. The molecule has 1 saturated heterocycles. The number of thioether (sulfide) groups is 1. The summed E-state index contributed by atoms with van der Waals surface area (Å²) >= 11 is 1.91. The number of fused-ring (bicyclic) bond motifs is 1. The van der Waals surface area contributed by atoms with Crippen LogP contribution in [0.4, 0.5) is 5.82 Å². The highest BCUT2D eigenvalue weighted by Gasteiger charge is 2.30. The van der Waals surface area contributed by atoms with Gasteiger partial charge >= 0.3 is 0 Å². The third-order valence-electron chi connectivity index (χ3n) is 4.88. The smallest absolute Gasteiger partial charge is 0.178 e. The topological polar surface area (TPSA) is 61.9 Å². The monoisotopic (exact) mass is 343 g/mol. The lowest BCUT2D eigenvalue weighted by Gasteiger charge is -2.36. The van der Waals surface area contributed by atoms with Crippen molar-refractivity contribution in [3.8, 4) is 0 Å². The van der Waals surface area contributed by atoms with E-state index in [1.54, 1.807) is 0 Å². The van der Waals surface area contributed by atoms with E-state index in [2.05, 4.69) is 38.0 Å². The minimum Gasteiger partial charge on any atom is -0.352 e. The molecule has 1 aliphatic carbocycles. The molecule has 0 bridgehead atoms. The number of aromatic nitrogens is 4. The molecule has 0 amide bonds. The first-order chi connectivity index (χ1) is 11.8. The quantitative estimate of drug-likeness (QED) is 0.826. The fourth-order valence-electron chi connectivity index (χ4n) is 3.32. The highest BCUT2D eigenvalue weighted by atomic mass is 32.2. The number of hydrogen-bond donors (Lipinski definition) is 0. The number of anilines is 1. The van der Waals surface area contributed by atoms with Crippen molar-refractivity contribution in [2.24, 2.45) is 4.99 Å². The molecule has 2 fully saturated rings. The zero-order chi connectivity index (χ0) is 16.1. The van der Waals surface area contributed by atoms with Crippen molar-refractivity contribution < 1.29 is 0 Å². The lowest BCUT2D eigenvalue weighted by molar-refractivity contribution is 0.390. The van der Waals surface area contributed by atoms with Crippen LogP contribution in [0, 0.1) is 0 Å². The summed E-state index contributed by atoms with van der Waals surface area (Å²) in [7, 11) is 0. The third kappa shape index (κ3) is 2.53. The van der Waals surface area contributed by atoms with Crippen molar-refractivity contribution in [1.29, 1.82) is 0 Å². The Morgan fingerprint density at radius 3 is 2.54 bits per heavy atom. The molecule has 8 heteroatoms. The minimum atomic E-state index is 0.555. The summed E-state index contributed by atoms with van der Waals surface area (Å²) < 4.78 is 1.94. The lowest BCUT2D eigenvalue weighted by atomic mass is 10.3. The van der Waals surface area contributed by atoms with Gasteiger partial charge in [0.05, 0.1) is 6.54 Å². The van der Waals surface area contributed by atoms with E-state index in [-0.39, 0.29) is 0 Å². The third-order valence-corrected chi connectivity index (χ3v) is 6.03. The average Bonchev–Trinajstić information content (AvgIpc) is 3.22. The zero-order valence-electron chi connectivity index (χ0n) is 13.8. The van der Waals surface area contributed by atoms with Gasteiger partial charge in [-0.3, -0.25) is 4.99 Å². The van der Waals surface area contributed by atoms with Crippen LogP contribution in [-0.4, -0.2) is 67.9 Å². The lowest BCUT2D eigenvalue weighted by Crippen LogP contribution is -2.48. The summed E-state index contributed by atoms with van der Waals surface area (Å²) in [6, 6.07) is 4.10. The maximum atomic E-state index is 4.82. The molecule has 3 aliphatic rings. The maximum Gasteiger partial charge on any atom is 0.178 e. The molecule has 0 aromatic carbocycles. The standard InChI is InChI=1S/C16H21N7S/c1-11-10-17-16(24-11)22-8-6-21(7-9-22)14-5-4-13-18-19-15(12-2-3-12)23(13)20-14/h4-5,11-12H,2-3,6-10H2,1H3/t11-/m1/s1. The van der Waals surface area contributed by atoms with Crippen molar-refractivity contribution in [3.05, 3.63) is 18.0 Å². The van der Waals surface area contributed by atoms with Gasteiger partial charge in [0.1, 0.15) is 5.82 Å². The fraction of sp³-hybridized carbons (Fsp3) is 0.625. The van der Waals surface area contributed by atoms with Gasteiger partial charge in [0.2, 0.25) is 0 Å². The Bertz CT molecular complexity index is 789. The average molecular weight is 343 g/mol. The van der Waals surface area contributed by atoms with Crippen LogP contribution in [-0.2, 0) is 0 Å². The number of hydrogen-bond acceptors (Lipinski definition) is 7. The van der Waals surface area contributed by atoms with E-state index in [1.165, 1.54) is 18.0 Å². The summed E-state index contributed by atoms with van der Waals surface area (Å²) in [5.74, 6) is 2.61. The van der Waals surface area contributed by atoms with Gasteiger partial charge in [0, 0.05) is 37.3 Å². The summed E-state index contributed by atoms with van der Waals surface area (Å²) in [5.41, 5.74) is 0.852. The number of nitrogens with zero attached hydrogens (tertiary/aromatic N) is 7. The molecular formula is C16H21N7S. The van der Waals surface area contributed by atoms with Crippen LogP contribution in [0.3, 0.4) is 0 Å². The van der Waals surface area contributed by atoms with E-state index in [9.17, 15) is 0 Å². The summed E-state index contributed by atoms with van der Waals surface area (Å²) in [5, 5.41) is 15.2. The number of aliphatic imine (C=N–C) groups is 1. The summed E-state index contributed by atoms with van der Waals surface area (Å²) in [6.07, 6.45) is 2.42. The first-order valence-corrected chi connectivity index (χ1v) is 9.59. The second-order valence-electron chi connectivity index (χ2n) is 6.82. The van der Waals surface area contributed by atoms with Crippen LogP contribution in [0.1, 0.15) is 31.5 Å². The Hall–Kier alpha value is -1.83. The van der Waals surface area contributed by atoms with Gasteiger partial charge in [-0.25, -0.2) is 0 Å². The second kappa shape index (κ2) is 5.61. The highest BCUT2D eigenvalue weighted by Crippen LogP contribution is 2.38. The molecule has 1 saturated carbocycles. The van der Waals surface area contributed by atoms with Gasteiger partial charge in [-0.1, -0.05) is 18.7 Å². The molecule has 24 heavy (non-hydrogen) atoms. The van der Waals surface area contributed by atoms with E-state index >= 15 is 0 Å². The Morgan fingerprint density at radius 2 is 1.83 bits per heavy atom. The molecule has 0 spiro atoms. The van der Waals surface area contributed by atoms with Crippen LogP contribution in [0.2, 0.25) is 0 Å². The SMILES string of the molecule is C[C@@H]1CN=C(N2CCN(c3ccc4nnc(C5CC5)n4n3)CC2)S1. The van der Waals surface area contributed by atoms with Crippen molar-refractivity contribution in [2.75, 3.05) is 37.6 Å². The highest BCUT2D eigenvalue weighted by molar-refractivity contribution is 8.14. The van der Waals surface area contributed by atoms with Gasteiger partial charge in [0.25, 0.3) is 0 Å². The van der Waals surface area contributed by atoms with Crippen LogP contribution >= 0.6 is 11.8 Å². The van der Waals surface area contributed by atoms with E-state index < -0.39 is 0 Å². The summed E-state index contributed by atoms with van der Waals surface area (Å²) in [4.78, 5) is 9.43. The molecule has 5 rings (SSSR count). The largest absolute Gasteiger partial charge is 0.352 e. The molecule has 4 heterocycles.